The summed E-state index contributed by atoms with van der Waals surface area (Å²) >= 11 is 0. The van der Waals surface area contributed by atoms with Crippen molar-refractivity contribution in [3.63, 3.8) is 0 Å². The SMILES string of the molecule is C[C@H](CCCO)[C@H]1CC[C@H]2[C@@H]3CCC4C[C@H](O)CC[C@]4(C)[C@H]3CC[C@]12C. The van der Waals surface area contributed by atoms with E-state index in [1.165, 1.54) is 51.4 Å². The molecule has 2 heteroatoms. The minimum absolute atomic E-state index is 0.0262. The summed E-state index contributed by atoms with van der Waals surface area (Å²) < 4.78 is 0. The lowest BCUT2D eigenvalue weighted by atomic mass is 9.44. The van der Waals surface area contributed by atoms with Crippen molar-refractivity contribution in [1.29, 1.82) is 0 Å². The smallest absolute Gasteiger partial charge is 0.0543 e. The topological polar surface area (TPSA) is 40.5 Å². The second-order valence-electron chi connectivity index (χ2n) is 11.2. The fourth-order valence-electron chi connectivity index (χ4n) is 8.83. The van der Waals surface area contributed by atoms with Crippen molar-refractivity contribution in [1.82, 2.24) is 0 Å². The quantitative estimate of drug-likeness (QED) is 0.701. The van der Waals surface area contributed by atoms with E-state index in [9.17, 15) is 10.2 Å². The summed E-state index contributed by atoms with van der Waals surface area (Å²) in [5.74, 6) is 5.22. The van der Waals surface area contributed by atoms with E-state index in [4.69, 9.17) is 0 Å². The number of hydrogen-bond donors (Lipinski definition) is 2. The Hall–Kier alpha value is -0.0800. The molecular formula is C24H42O2. The summed E-state index contributed by atoms with van der Waals surface area (Å²) in [4.78, 5) is 0. The molecular weight excluding hydrogens is 320 g/mol. The van der Waals surface area contributed by atoms with Crippen LogP contribution >= 0.6 is 0 Å². The molecule has 0 bridgehead atoms. The van der Waals surface area contributed by atoms with Crippen molar-refractivity contribution in [3.05, 3.63) is 0 Å². The Balaban J connectivity index is 1.52. The van der Waals surface area contributed by atoms with Crippen LogP contribution in [0.2, 0.25) is 0 Å². The van der Waals surface area contributed by atoms with Gasteiger partial charge in [-0.2, -0.15) is 0 Å². The van der Waals surface area contributed by atoms with Crippen LogP contribution in [0.1, 0.15) is 91.4 Å². The molecule has 0 radical (unpaired) electrons. The van der Waals surface area contributed by atoms with E-state index in [0.29, 0.717) is 17.4 Å². The van der Waals surface area contributed by atoms with Gasteiger partial charge in [0.15, 0.2) is 0 Å². The van der Waals surface area contributed by atoms with Crippen molar-refractivity contribution < 1.29 is 10.2 Å². The lowest BCUT2D eigenvalue weighted by Crippen LogP contribution is -2.54. The lowest BCUT2D eigenvalue weighted by molar-refractivity contribution is -0.129. The van der Waals surface area contributed by atoms with Gasteiger partial charge in [-0.25, -0.2) is 0 Å². The largest absolute Gasteiger partial charge is 0.396 e. The number of aliphatic hydroxyl groups excluding tert-OH is 2. The Morgan fingerprint density at radius 2 is 1.65 bits per heavy atom. The van der Waals surface area contributed by atoms with Crippen molar-refractivity contribution in [3.8, 4) is 0 Å². The molecule has 9 atom stereocenters. The molecule has 0 aliphatic heterocycles. The van der Waals surface area contributed by atoms with Gasteiger partial charge in [-0.3, -0.25) is 0 Å². The molecule has 4 saturated carbocycles. The maximum absolute atomic E-state index is 10.2. The Morgan fingerprint density at radius 3 is 2.42 bits per heavy atom. The van der Waals surface area contributed by atoms with Gasteiger partial charge in [-0.1, -0.05) is 20.8 Å². The first-order valence-corrected chi connectivity index (χ1v) is 11.7. The average molecular weight is 363 g/mol. The molecule has 0 aromatic carbocycles. The van der Waals surface area contributed by atoms with E-state index >= 15 is 0 Å². The highest BCUT2D eigenvalue weighted by Gasteiger charge is 2.60. The normalized spacial score (nSPS) is 52.0. The number of fused-ring (bicyclic) bond motifs is 5. The van der Waals surface area contributed by atoms with Crippen LogP contribution in [-0.4, -0.2) is 22.9 Å². The van der Waals surface area contributed by atoms with Gasteiger partial charge in [0, 0.05) is 6.61 Å². The van der Waals surface area contributed by atoms with Crippen LogP contribution in [0.5, 0.6) is 0 Å². The van der Waals surface area contributed by atoms with Crippen LogP contribution in [-0.2, 0) is 0 Å². The molecule has 0 heterocycles. The predicted molar refractivity (Wildman–Crippen MR) is 107 cm³/mol. The molecule has 2 nitrogen and oxygen atoms in total. The van der Waals surface area contributed by atoms with E-state index in [1.807, 2.05) is 0 Å². The second-order valence-corrected chi connectivity index (χ2v) is 11.2. The van der Waals surface area contributed by atoms with E-state index < -0.39 is 0 Å². The molecule has 4 aliphatic carbocycles. The van der Waals surface area contributed by atoms with Gasteiger partial charge >= 0.3 is 0 Å². The average Bonchev–Trinajstić information content (AvgIpc) is 2.97. The molecule has 4 fully saturated rings. The molecule has 4 rings (SSSR count). The van der Waals surface area contributed by atoms with Crippen molar-refractivity contribution >= 4 is 0 Å². The maximum Gasteiger partial charge on any atom is 0.0543 e. The fourth-order valence-corrected chi connectivity index (χ4v) is 8.83. The highest BCUT2D eigenvalue weighted by atomic mass is 16.3. The van der Waals surface area contributed by atoms with E-state index in [2.05, 4.69) is 20.8 Å². The summed E-state index contributed by atoms with van der Waals surface area (Å²) in [6.07, 6.45) is 14.1. The fraction of sp³-hybridized carbons (Fsp3) is 1.00. The molecule has 0 saturated heterocycles. The van der Waals surface area contributed by atoms with E-state index in [0.717, 1.165) is 54.8 Å². The summed E-state index contributed by atoms with van der Waals surface area (Å²) in [6, 6.07) is 0. The van der Waals surface area contributed by atoms with E-state index in [-0.39, 0.29) is 6.10 Å². The summed E-state index contributed by atoms with van der Waals surface area (Å²) in [7, 11) is 0. The number of hydrogen-bond acceptors (Lipinski definition) is 2. The van der Waals surface area contributed by atoms with Gasteiger partial charge in [0.05, 0.1) is 6.10 Å². The lowest BCUT2D eigenvalue weighted by Gasteiger charge is -2.61. The first-order valence-electron chi connectivity index (χ1n) is 11.7. The first kappa shape index (κ1) is 19.2. The zero-order valence-electron chi connectivity index (χ0n) is 17.4. The summed E-state index contributed by atoms with van der Waals surface area (Å²) in [6.45, 7) is 8.05. The van der Waals surface area contributed by atoms with Gasteiger partial charge in [-0.05, 0) is 117 Å². The van der Waals surface area contributed by atoms with Crippen LogP contribution in [0.3, 0.4) is 0 Å². The van der Waals surface area contributed by atoms with Crippen LogP contribution in [0.25, 0.3) is 0 Å². The van der Waals surface area contributed by atoms with Gasteiger partial charge < -0.3 is 10.2 Å². The maximum atomic E-state index is 10.2. The molecule has 2 N–H and O–H groups in total. The van der Waals surface area contributed by atoms with E-state index in [1.54, 1.807) is 0 Å². The molecule has 150 valence electrons. The van der Waals surface area contributed by atoms with Crippen LogP contribution in [0, 0.1) is 46.3 Å². The molecule has 0 aromatic rings. The van der Waals surface area contributed by atoms with Crippen LogP contribution < -0.4 is 0 Å². The molecule has 0 aromatic heterocycles. The van der Waals surface area contributed by atoms with Crippen molar-refractivity contribution in [2.75, 3.05) is 6.61 Å². The van der Waals surface area contributed by atoms with Gasteiger partial charge in [0.1, 0.15) is 0 Å². The molecule has 0 amide bonds. The van der Waals surface area contributed by atoms with Crippen molar-refractivity contribution in [2.45, 2.75) is 97.5 Å². The molecule has 4 aliphatic rings. The third kappa shape index (κ3) is 2.89. The minimum Gasteiger partial charge on any atom is -0.396 e. The Kier molecular flexibility index (Phi) is 5.23. The van der Waals surface area contributed by atoms with Gasteiger partial charge in [-0.15, -0.1) is 0 Å². The Labute approximate surface area is 161 Å². The highest BCUT2D eigenvalue weighted by Crippen LogP contribution is 2.68. The van der Waals surface area contributed by atoms with Gasteiger partial charge in [0.25, 0.3) is 0 Å². The van der Waals surface area contributed by atoms with Crippen LogP contribution in [0.15, 0.2) is 0 Å². The highest BCUT2D eigenvalue weighted by molar-refractivity contribution is 5.09. The standard InChI is InChI=1S/C24H42O2/c1-16(5-4-14-25)20-8-9-21-19-7-6-17-15-18(26)10-12-23(17,2)22(19)11-13-24(20,21)3/h16-22,25-26H,4-15H2,1-3H3/t16-,17?,18-,19+,20-,21+,22+,23+,24-/m1/s1. The number of aliphatic hydroxyl groups is 2. The van der Waals surface area contributed by atoms with Crippen LogP contribution in [0.4, 0.5) is 0 Å². The third-order valence-corrected chi connectivity index (χ3v) is 10.2. The van der Waals surface area contributed by atoms with Gasteiger partial charge in [0.2, 0.25) is 0 Å². The Bertz CT molecular complexity index is 504. The zero-order valence-corrected chi connectivity index (χ0v) is 17.4. The molecule has 0 spiro atoms. The second kappa shape index (κ2) is 7.07. The predicted octanol–water partition coefficient (Wildman–Crippen LogP) is 5.41. The van der Waals surface area contributed by atoms with Crippen molar-refractivity contribution in [2.24, 2.45) is 46.3 Å². The Morgan fingerprint density at radius 1 is 0.923 bits per heavy atom. The first-order chi connectivity index (χ1) is 12.4. The summed E-state index contributed by atoms with van der Waals surface area (Å²) in [5.41, 5.74) is 1.05. The molecule has 1 unspecified atom stereocenters. The monoisotopic (exact) mass is 362 g/mol. The zero-order chi connectivity index (χ0) is 18.5. The molecule has 26 heavy (non-hydrogen) atoms. The summed E-state index contributed by atoms with van der Waals surface area (Å²) in [5, 5.41) is 19.4. The number of rotatable bonds is 4. The minimum atomic E-state index is -0.0262. The third-order valence-electron chi connectivity index (χ3n) is 10.2.